The Kier molecular flexibility index (Phi) is 5.43. The lowest BCUT2D eigenvalue weighted by Crippen LogP contribution is -2.41. The molecule has 142 valence electrons. The lowest BCUT2D eigenvalue weighted by Gasteiger charge is -2.25. The number of aliphatic hydroxyl groups is 1. The van der Waals surface area contributed by atoms with Gasteiger partial charge in [0.2, 0.25) is 0 Å². The van der Waals surface area contributed by atoms with Gasteiger partial charge in [-0.25, -0.2) is 0 Å². The van der Waals surface area contributed by atoms with Crippen molar-refractivity contribution < 1.29 is 19.4 Å². The highest BCUT2D eigenvalue weighted by molar-refractivity contribution is 5.94. The highest BCUT2D eigenvalue weighted by Gasteiger charge is 2.38. The Balaban J connectivity index is 1.37. The third-order valence-electron chi connectivity index (χ3n) is 5.70. The largest absolute Gasteiger partial charge is 0.491 e. The molecule has 3 saturated heterocycles. The summed E-state index contributed by atoms with van der Waals surface area (Å²) >= 11 is 0. The maximum atomic E-state index is 12.9. The molecule has 1 N–H and O–H groups in total. The molecule has 1 aromatic rings. The average Bonchev–Trinajstić information content (AvgIpc) is 3.41. The molecule has 0 spiro atoms. The van der Waals surface area contributed by atoms with Crippen molar-refractivity contribution in [3.63, 3.8) is 0 Å². The molecule has 6 heteroatoms. The quantitative estimate of drug-likeness (QED) is 0.863. The fraction of sp³-hybridized carbons (Fsp3) is 0.650. The number of ether oxygens (including phenoxy) is 2. The summed E-state index contributed by atoms with van der Waals surface area (Å²) in [5, 5.41) is 10.4. The summed E-state index contributed by atoms with van der Waals surface area (Å²) in [4.78, 5) is 17.0. The molecule has 4 rings (SSSR count). The van der Waals surface area contributed by atoms with Gasteiger partial charge in [-0.3, -0.25) is 9.69 Å². The normalized spacial score (nSPS) is 29.4. The minimum absolute atomic E-state index is 0.0340. The van der Waals surface area contributed by atoms with Gasteiger partial charge >= 0.3 is 0 Å². The zero-order valence-electron chi connectivity index (χ0n) is 15.2. The number of carbonyl (C=O) groups excluding carboxylic acids is 1. The first-order valence-electron chi connectivity index (χ1n) is 9.76. The van der Waals surface area contributed by atoms with Crippen molar-refractivity contribution in [3.8, 4) is 5.75 Å². The number of aliphatic hydroxyl groups excluding tert-OH is 1. The second kappa shape index (κ2) is 7.94. The van der Waals surface area contributed by atoms with Crippen molar-refractivity contribution in [2.24, 2.45) is 0 Å². The summed E-state index contributed by atoms with van der Waals surface area (Å²) < 4.78 is 11.4. The zero-order valence-corrected chi connectivity index (χ0v) is 15.2. The van der Waals surface area contributed by atoms with E-state index in [2.05, 4.69) is 4.90 Å². The monoisotopic (exact) mass is 360 g/mol. The Morgan fingerprint density at radius 2 is 2.08 bits per heavy atom. The molecule has 3 aliphatic heterocycles. The van der Waals surface area contributed by atoms with Gasteiger partial charge in [0, 0.05) is 25.3 Å². The molecule has 1 aromatic carbocycles. The summed E-state index contributed by atoms with van der Waals surface area (Å²) in [6.45, 7) is 4.38. The standard InChI is InChI=1S/C20H28N2O4/c23-19-13-22(12-18(19)21-8-1-2-9-21)20(24)15-5-3-6-16(11-15)26-14-17-7-4-10-25-17/h3,5-6,11,17-19,23H,1-2,4,7-10,12-14H2/t17-,18+,19-/m0/s1. The third kappa shape index (κ3) is 3.87. The smallest absolute Gasteiger partial charge is 0.254 e. The summed E-state index contributed by atoms with van der Waals surface area (Å²) in [6.07, 6.45) is 4.17. The first-order valence-corrected chi connectivity index (χ1v) is 9.76. The Labute approximate surface area is 154 Å². The lowest BCUT2D eigenvalue weighted by atomic mass is 10.2. The first-order chi connectivity index (χ1) is 12.7. The highest BCUT2D eigenvalue weighted by atomic mass is 16.5. The van der Waals surface area contributed by atoms with Gasteiger partial charge in [0.05, 0.1) is 18.2 Å². The van der Waals surface area contributed by atoms with Crippen LogP contribution in [0.2, 0.25) is 0 Å². The maximum Gasteiger partial charge on any atom is 0.254 e. The second-order valence-electron chi connectivity index (χ2n) is 7.56. The molecule has 3 heterocycles. The van der Waals surface area contributed by atoms with Gasteiger partial charge in [-0.15, -0.1) is 0 Å². The highest BCUT2D eigenvalue weighted by Crippen LogP contribution is 2.24. The van der Waals surface area contributed by atoms with E-state index in [1.165, 1.54) is 12.8 Å². The van der Waals surface area contributed by atoms with Crippen LogP contribution in [0, 0.1) is 0 Å². The molecule has 3 aliphatic rings. The molecular weight excluding hydrogens is 332 g/mol. The van der Waals surface area contributed by atoms with Gasteiger partial charge in [-0.2, -0.15) is 0 Å². The molecule has 3 atom stereocenters. The van der Waals surface area contributed by atoms with Crippen LogP contribution in [-0.4, -0.2) is 78.5 Å². The topological polar surface area (TPSA) is 62.2 Å². The van der Waals surface area contributed by atoms with E-state index in [4.69, 9.17) is 9.47 Å². The van der Waals surface area contributed by atoms with Crippen LogP contribution >= 0.6 is 0 Å². The van der Waals surface area contributed by atoms with E-state index in [1.807, 2.05) is 18.2 Å². The Morgan fingerprint density at radius 1 is 1.23 bits per heavy atom. The zero-order chi connectivity index (χ0) is 17.9. The summed E-state index contributed by atoms with van der Waals surface area (Å²) in [7, 11) is 0. The number of rotatable bonds is 5. The van der Waals surface area contributed by atoms with E-state index >= 15 is 0 Å². The molecule has 3 fully saturated rings. The number of benzene rings is 1. The summed E-state index contributed by atoms with van der Waals surface area (Å²) in [6, 6.07) is 7.41. The van der Waals surface area contributed by atoms with Crippen LogP contribution in [0.4, 0.5) is 0 Å². The molecule has 6 nitrogen and oxygen atoms in total. The van der Waals surface area contributed by atoms with Gasteiger partial charge in [0.15, 0.2) is 0 Å². The SMILES string of the molecule is O=C(c1cccc(OC[C@@H]2CCCO2)c1)N1C[C@@H](N2CCCC2)[C@@H](O)C1. The number of hydrogen-bond acceptors (Lipinski definition) is 5. The lowest BCUT2D eigenvalue weighted by molar-refractivity contribution is 0.0677. The van der Waals surface area contributed by atoms with Crippen molar-refractivity contribution in [2.75, 3.05) is 39.4 Å². The summed E-state index contributed by atoms with van der Waals surface area (Å²) in [5.41, 5.74) is 0.615. The van der Waals surface area contributed by atoms with Crippen molar-refractivity contribution in [2.45, 2.75) is 43.9 Å². The van der Waals surface area contributed by atoms with Crippen LogP contribution in [0.25, 0.3) is 0 Å². The van der Waals surface area contributed by atoms with Crippen LogP contribution in [0.3, 0.4) is 0 Å². The van der Waals surface area contributed by atoms with Crippen molar-refractivity contribution in [3.05, 3.63) is 29.8 Å². The predicted molar refractivity (Wildman–Crippen MR) is 97.4 cm³/mol. The summed E-state index contributed by atoms with van der Waals surface area (Å²) in [5.74, 6) is 0.663. The molecule has 0 unspecified atom stereocenters. The van der Waals surface area contributed by atoms with E-state index in [9.17, 15) is 9.90 Å². The van der Waals surface area contributed by atoms with Crippen molar-refractivity contribution in [1.29, 1.82) is 0 Å². The van der Waals surface area contributed by atoms with Crippen LogP contribution in [-0.2, 0) is 4.74 Å². The Hall–Kier alpha value is -1.63. The van der Waals surface area contributed by atoms with E-state index < -0.39 is 6.10 Å². The van der Waals surface area contributed by atoms with Crippen LogP contribution in [0.15, 0.2) is 24.3 Å². The van der Waals surface area contributed by atoms with Gasteiger partial charge in [0.1, 0.15) is 12.4 Å². The van der Waals surface area contributed by atoms with Crippen LogP contribution < -0.4 is 4.74 Å². The van der Waals surface area contributed by atoms with Gasteiger partial charge in [0.25, 0.3) is 5.91 Å². The van der Waals surface area contributed by atoms with Crippen molar-refractivity contribution >= 4 is 5.91 Å². The minimum atomic E-state index is -0.462. The maximum absolute atomic E-state index is 12.9. The molecule has 0 aliphatic carbocycles. The number of likely N-dealkylation sites (tertiary alicyclic amines) is 2. The average molecular weight is 360 g/mol. The molecule has 0 aromatic heterocycles. The second-order valence-corrected chi connectivity index (χ2v) is 7.56. The molecule has 1 amide bonds. The number of β-amino-alcohol motifs (C(OH)–C–C–N with tert-alkyl or cyclic N) is 1. The molecule has 0 saturated carbocycles. The Morgan fingerprint density at radius 3 is 2.85 bits per heavy atom. The number of hydrogen-bond donors (Lipinski definition) is 1. The number of carbonyl (C=O) groups is 1. The van der Waals surface area contributed by atoms with Crippen LogP contribution in [0.5, 0.6) is 5.75 Å². The Bertz CT molecular complexity index is 626. The van der Waals surface area contributed by atoms with E-state index in [-0.39, 0.29) is 18.1 Å². The van der Waals surface area contributed by atoms with E-state index in [0.717, 1.165) is 32.5 Å². The van der Waals surface area contributed by atoms with E-state index in [0.29, 0.717) is 31.0 Å². The molecule has 26 heavy (non-hydrogen) atoms. The molecular formula is C20H28N2O4. The van der Waals surface area contributed by atoms with Crippen molar-refractivity contribution in [1.82, 2.24) is 9.80 Å². The number of nitrogens with zero attached hydrogens (tertiary/aromatic N) is 2. The first kappa shape index (κ1) is 17.8. The van der Waals surface area contributed by atoms with Crippen LogP contribution in [0.1, 0.15) is 36.0 Å². The fourth-order valence-electron chi connectivity index (χ4n) is 4.23. The minimum Gasteiger partial charge on any atom is -0.491 e. The molecule has 0 radical (unpaired) electrons. The van der Waals surface area contributed by atoms with E-state index in [1.54, 1.807) is 11.0 Å². The fourth-order valence-corrected chi connectivity index (χ4v) is 4.23. The molecule has 0 bridgehead atoms. The van der Waals surface area contributed by atoms with Gasteiger partial charge < -0.3 is 19.5 Å². The third-order valence-corrected chi connectivity index (χ3v) is 5.70. The van der Waals surface area contributed by atoms with Gasteiger partial charge in [-0.05, 0) is 57.0 Å². The predicted octanol–water partition coefficient (Wildman–Crippen LogP) is 1.53. The number of amides is 1. The van der Waals surface area contributed by atoms with Gasteiger partial charge in [-0.1, -0.05) is 6.07 Å².